The summed E-state index contributed by atoms with van der Waals surface area (Å²) < 4.78 is 19.0. The van der Waals surface area contributed by atoms with E-state index in [9.17, 15) is 14.3 Å². The average Bonchev–Trinajstić information content (AvgIpc) is 2.92. The molecular formula is C22H24FNO3. The number of amides is 1. The summed E-state index contributed by atoms with van der Waals surface area (Å²) in [6.45, 7) is 2.07. The average molecular weight is 369 g/mol. The minimum Gasteiger partial charge on any atom is -0.445 e. The smallest absolute Gasteiger partial charge is 0.410 e. The molecule has 4 nitrogen and oxygen atoms in total. The van der Waals surface area contributed by atoms with Crippen molar-refractivity contribution in [3.8, 4) is 0 Å². The van der Waals surface area contributed by atoms with Crippen LogP contribution in [0.15, 0.2) is 48.5 Å². The normalized spacial score (nSPS) is 26.9. The highest BCUT2D eigenvalue weighted by molar-refractivity contribution is 5.69. The predicted molar refractivity (Wildman–Crippen MR) is 99.5 cm³/mol. The predicted octanol–water partition coefficient (Wildman–Crippen LogP) is 4.29. The fourth-order valence-corrected chi connectivity index (χ4v) is 4.69. The summed E-state index contributed by atoms with van der Waals surface area (Å²) in [5, 5.41) is 11.3. The second-order valence-corrected chi connectivity index (χ2v) is 7.73. The van der Waals surface area contributed by atoms with E-state index in [4.69, 9.17) is 4.74 Å². The van der Waals surface area contributed by atoms with Crippen molar-refractivity contribution >= 4 is 6.09 Å². The van der Waals surface area contributed by atoms with Crippen molar-refractivity contribution in [3.05, 3.63) is 71.0 Å². The van der Waals surface area contributed by atoms with Crippen LogP contribution in [-0.4, -0.2) is 28.2 Å². The molecule has 0 aliphatic carbocycles. The van der Waals surface area contributed by atoms with Crippen molar-refractivity contribution < 1.29 is 19.0 Å². The summed E-state index contributed by atoms with van der Waals surface area (Å²) >= 11 is 0. The van der Waals surface area contributed by atoms with Gasteiger partial charge in [0, 0.05) is 24.9 Å². The van der Waals surface area contributed by atoms with Gasteiger partial charge in [-0.2, -0.15) is 0 Å². The SMILES string of the molecule is Cc1cc(F)ccc1C1(O)CC2CCC(C1)N2C(=O)OCc1ccccc1. The number of hydrogen-bond donors (Lipinski definition) is 1. The molecule has 27 heavy (non-hydrogen) atoms. The first-order valence-electron chi connectivity index (χ1n) is 9.44. The van der Waals surface area contributed by atoms with Gasteiger partial charge in [-0.05, 0) is 48.6 Å². The van der Waals surface area contributed by atoms with Gasteiger partial charge in [0.05, 0.1) is 5.60 Å². The van der Waals surface area contributed by atoms with Crippen LogP contribution >= 0.6 is 0 Å². The van der Waals surface area contributed by atoms with Crippen LogP contribution in [0, 0.1) is 12.7 Å². The number of carbonyl (C=O) groups excluding carboxylic acids is 1. The van der Waals surface area contributed by atoms with Crippen LogP contribution in [0.4, 0.5) is 9.18 Å². The second-order valence-electron chi connectivity index (χ2n) is 7.73. The van der Waals surface area contributed by atoms with Crippen molar-refractivity contribution in [1.82, 2.24) is 4.90 Å². The van der Waals surface area contributed by atoms with E-state index < -0.39 is 5.60 Å². The number of fused-ring (bicyclic) bond motifs is 2. The number of hydrogen-bond acceptors (Lipinski definition) is 3. The Kier molecular flexibility index (Phi) is 4.64. The standard InChI is InChI=1S/C22H24FNO3/c1-15-11-17(23)7-10-20(15)22(26)12-18-8-9-19(13-22)24(18)21(25)27-14-16-5-3-2-4-6-16/h2-7,10-11,18-19,26H,8-9,12-14H2,1H3. The van der Waals surface area contributed by atoms with E-state index in [1.807, 2.05) is 37.3 Å². The van der Waals surface area contributed by atoms with Crippen LogP contribution < -0.4 is 0 Å². The third-order valence-electron chi connectivity index (χ3n) is 5.87. The summed E-state index contributed by atoms with van der Waals surface area (Å²) in [4.78, 5) is 14.5. The molecule has 2 aromatic carbocycles. The van der Waals surface area contributed by atoms with Crippen molar-refractivity contribution in [2.75, 3.05) is 0 Å². The third-order valence-corrected chi connectivity index (χ3v) is 5.87. The zero-order chi connectivity index (χ0) is 19.0. The Morgan fingerprint density at radius 1 is 1.19 bits per heavy atom. The van der Waals surface area contributed by atoms with Crippen molar-refractivity contribution in [3.63, 3.8) is 0 Å². The molecule has 1 N–H and O–H groups in total. The summed E-state index contributed by atoms with van der Waals surface area (Å²) in [6, 6.07) is 14.0. The van der Waals surface area contributed by atoms with Gasteiger partial charge >= 0.3 is 6.09 Å². The molecule has 2 fully saturated rings. The van der Waals surface area contributed by atoms with Crippen molar-refractivity contribution in [2.45, 2.75) is 56.9 Å². The van der Waals surface area contributed by atoms with Crippen LogP contribution in [0.25, 0.3) is 0 Å². The van der Waals surface area contributed by atoms with Gasteiger partial charge in [-0.1, -0.05) is 36.4 Å². The Morgan fingerprint density at radius 3 is 2.48 bits per heavy atom. The van der Waals surface area contributed by atoms with Gasteiger partial charge in [0.1, 0.15) is 12.4 Å². The van der Waals surface area contributed by atoms with E-state index in [2.05, 4.69) is 0 Å². The monoisotopic (exact) mass is 369 g/mol. The Bertz CT molecular complexity index is 825. The summed E-state index contributed by atoms with van der Waals surface area (Å²) in [5.74, 6) is -0.301. The second kappa shape index (κ2) is 6.97. The molecule has 4 rings (SSSR count). The molecule has 2 aromatic rings. The van der Waals surface area contributed by atoms with Gasteiger partial charge in [0.25, 0.3) is 0 Å². The van der Waals surface area contributed by atoms with Crippen molar-refractivity contribution in [1.29, 1.82) is 0 Å². The van der Waals surface area contributed by atoms with Gasteiger partial charge in [0.15, 0.2) is 0 Å². The highest BCUT2D eigenvalue weighted by Crippen LogP contribution is 2.46. The highest BCUT2D eigenvalue weighted by Gasteiger charge is 2.51. The minimum atomic E-state index is -1.03. The van der Waals surface area contributed by atoms with Crippen LogP contribution in [0.1, 0.15) is 42.4 Å². The zero-order valence-electron chi connectivity index (χ0n) is 15.4. The molecule has 2 unspecified atom stereocenters. The molecule has 2 heterocycles. The molecule has 2 aliphatic rings. The molecule has 2 atom stereocenters. The van der Waals surface area contributed by atoms with E-state index in [0.717, 1.165) is 29.5 Å². The molecule has 0 spiro atoms. The Hall–Kier alpha value is -2.40. The lowest BCUT2D eigenvalue weighted by Crippen LogP contribution is -2.52. The van der Waals surface area contributed by atoms with E-state index in [0.29, 0.717) is 12.8 Å². The first-order chi connectivity index (χ1) is 13.0. The Labute approximate surface area is 158 Å². The molecule has 2 aliphatic heterocycles. The first-order valence-corrected chi connectivity index (χ1v) is 9.44. The number of rotatable bonds is 3. The van der Waals surface area contributed by atoms with Crippen LogP contribution in [0.5, 0.6) is 0 Å². The number of benzene rings is 2. The number of carbonyl (C=O) groups is 1. The van der Waals surface area contributed by atoms with E-state index in [1.165, 1.54) is 12.1 Å². The lowest BCUT2D eigenvalue weighted by atomic mass is 9.79. The molecule has 5 heteroatoms. The van der Waals surface area contributed by atoms with E-state index in [-0.39, 0.29) is 30.6 Å². The molecular weight excluding hydrogens is 345 g/mol. The number of aryl methyl sites for hydroxylation is 1. The molecule has 1 amide bonds. The largest absolute Gasteiger partial charge is 0.445 e. The fourth-order valence-electron chi connectivity index (χ4n) is 4.69. The van der Waals surface area contributed by atoms with Gasteiger partial charge < -0.3 is 14.7 Å². The number of nitrogens with zero attached hydrogens (tertiary/aromatic N) is 1. The zero-order valence-corrected chi connectivity index (χ0v) is 15.4. The van der Waals surface area contributed by atoms with Crippen LogP contribution in [-0.2, 0) is 16.9 Å². The first kappa shape index (κ1) is 18.0. The molecule has 2 saturated heterocycles. The minimum absolute atomic E-state index is 0.0542. The van der Waals surface area contributed by atoms with Gasteiger partial charge in [-0.15, -0.1) is 0 Å². The maximum absolute atomic E-state index is 13.4. The highest BCUT2D eigenvalue weighted by atomic mass is 19.1. The molecule has 142 valence electrons. The third kappa shape index (κ3) is 3.44. The maximum atomic E-state index is 13.4. The Balaban J connectivity index is 1.47. The quantitative estimate of drug-likeness (QED) is 0.878. The van der Waals surface area contributed by atoms with Gasteiger partial charge in [-0.25, -0.2) is 9.18 Å². The molecule has 0 saturated carbocycles. The number of halogens is 1. The number of piperidine rings is 1. The topological polar surface area (TPSA) is 49.8 Å². The van der Waals surface area contributed by atoms with E-state index >= 15 is 0 Å². The Morgan fingerprint density at radius 2 is 1.85 bits per heavy atom. The summed E-state index contributed by atoms with van der Waals surface area (Å²) in [7, 11) is 0. The van der Waals surface area contributed by atoms with Crippen molar-refractivity contribution in [2.24, 2.45) is 0 Å². The lowest BCUT2D eigenvalue weighted by Gasteiger charge is -2.43. The summed E-state index contributed by atoms with van der Waals surface area (Å²) in [6.07, 6.45) is 2.30. The van der Waals surface area contributed by atoms with Gasteiger partial charge in [0.2, 0.25) is 0 Å². The molecule has 2 bridgehead atoms. The van der Waals surface area contributed by atoms with Crippen LogP contribution in [0.3, 0.4) is 0 Å². The maximum Gasteiger partial charge on any atom is 0.410 e. The lowest BCUT2D eigenvalue weighted by molar-refractivity contribution is -0.0540. The van der Waals surface area contributed by atoms with Gasteiger partial charge in [-0.3, -0.25) is 0 Å². The van der Waals surface area contributed by atoms with Crippen LogP contribution in [0.2, 0.25) is 0 Å². The molecule has 0 radical (unpaired) electrons. The fraction of sp³-hybridized carbons (Fsp3) is 0.409. The molecule has 0 aromatic heterocycles. The van der Waals surface area contributed by atoms with E-state index in [1.54, 1.807) is 11.0 Å². The summed E-state index contributed by atoms with van der Waals surface area (Å²) in [5.41, 5.74) is 1.43. The number of ether oxygens (including phenoxy) is 1. The number of aliphatic hydroxyl groups is 1.